The molecule has 1 N–H and O–H groups in total. The lowest BCUT2D eigenvalue weighted by molar-refractivity contribution is -0.148. The van der Waals surface area contributed by atoms with Crippen molar-refractivity contribution >= 4 is 11.7 Å². The molecule has 1 aromatic carbocycles. The van der Waals surface area contributed by atoms with E-state index in [0.717, 1.165) is 37.2 Å². The molecule has 1 aliphatic heterocycles. The second-order valence-electron chi connectivity index (χ2n) is 4.80. The molecule has 1 saturated heterocycles. The third kappa shape index (κ3) is 3.26. The highest BCUT2D eigenvalue weighted by Gasteiger charge is 2.26. The molecule has 0 amide bonds. The highest BCUT2D eigenvalue weighted by molar-refractivity contribution is 5.73. The van der Waals surface area contributed by atoms with Crippen molar-refractivity contribution < 1.29 is 14.6 Å². The molecule has 4 heteroatoms. The van der Waals surface area contributed by atoms with E-state index in [1.807, 2.05) is 31.2 Å². The number of hydrogen-bond donors (Lipinski definition) is 1. The topological polar surface area (TPSA) is 49.8 Å². The van der Waals surface area contributed by atoms with Crippen LogP contribution in [0.3, 0.4) is 0 Å². The molecule has 0 aromatic heterocycles. The number of hydrogen-bond acceptors (Lipinski definition) is 4. The van der Waals surface area contributed by atoms with E-state index in [9.17, 15) is 9.90 Å². The van der Waals surface area contributed by atoms with E-state index in [2.05, 4.69) is 4.90 Å². The zero-order chi connectivity index (χ0) is 13.7. The number of aliphatic hydroxyl groups is 1. The number of carbonyl (C=O) groups excluding carboxylic acids is 1. The van der Waals surface area contributed by atoms with Crippen LogP contribution in [0.2, 0.25) is 0 Å². The summed E-state index contributed by atoms with van der Waals surface area (Å²) in [6.07, 6.45) is 1.64. The molecule has 1 aliphatic rings. The van der Waals surface area contributed by atoms with E-state index < -0.39 is 0 Å². The van der Waals surface area contributed by atoms with Crippen LogP contribution in [0.15, 0.2) is 24.3 Å². The zero-order valence-corrected chi connectivity index (χ0v) is 11.3. The van der Waals surface area contributed by atoms with Crippen LogP contribution in [0.1, 0.15) is 25.3 Å². The van der Waals surface area contributed by atoms with Gasteiger partial charge in [0.1, 0.15) is 0 Å². The van der Waals surface area contributed by atoms with Crippen molar-refractivity contribution in [2.45, 2.75) is 26.4 Å². The van der Waals surface area contributed by atoms with Crippen LogP contribution in [0, 0.1) is 5.92 Å². The number of anilines is 1. The third-order valence-electron chi connectivity index (χ3n) is 3.62. The fraction of sp³-hybridized carbons (Fsp3) is 0.533. The fourth-order valence-corrected chi connectivity index (χ4v) is 2.57. The molecule has 2 rings (SSSR count). The van der Waals surface area contributed by atoms with Gasteiger partial charge in [0, 0.05) is 24.3 Å². The van der Waals surface area contributed by atoms with Crippen LogP contribution in [0.4, 0.5) is 5.69 Å². The van der Waals surface area contributed by atoms with Crippen molar-refractivity contribution in [3.8, 4) is 0 Å². The first kappa shape index (κ1) is 13.9. The molecule has 0 unspecified atom stereocenters. The van der Waals surface area contributed by atoms with Crippen LogP contribution in [-0.4, -0.2) is 30.8 Å². The Morgan fingerprint density at radius 1 is 1.37 bits per heavy atom. The molecule has 0 atom stereocenters. The summed E-state index contributed by atoms with van der Waals surface area (Å²) in [5, 5.41) is 9.36. The minimum atomic E-state index is -0.0717. The van der Waals surface area contributed by atoms with Crippen molar-refractivity contribution in [2.75, 3.05) is 24.6 Å². The number of carbonyl (C=O) groups is 1. The maximum Gasteiger partial charge on any atom is 0.309 e. The van der Waals surface area contributed by atoms with Gasteiger partial charge in [-0.25, -0.2) is 0 Å². The number of esters is 1. The van der Waals surface area contributed by atoms with Gasteiger partial charge in [0.05, 0.1) is 19.1 Å². The van der Waals surface area contributed by atoms with Crippen LogP contribution in [0.5, 0.6) is 0 Å². The summed E-state index contributed by atoms with van der Waals surface area (Å²) in [6.45, 7) is 4.01. The number of ether oxygens (including phenoxy) is 1. The lowest BCUT2D eigenvalue weighted by Gasteiger charge is -2.33. The number of aliphatic hydroxyl groups excluding tert-OH is 1. The average molecular weight is 263 g/mol. The van der Waals surface area contributed by atoms with Crippen molar-refractivity contribution in [3.63, 3.8) is 0 Å². The first-order valence-corrected chi connectivity index (χ1v) is 6.86. The Labute approximate surface area is 114 Å². The molecule has 0 saturated carbocycles. The number of piperidine rings is 1. The molecule has 0 radical (unpaired) electrons. The van der Waals surface area contributed by atoms with E-state index in [0.29, 0.717) is 6.61 Å². The van der Waals surface area contributed by atoms with Crippen LogP contribution in [-0.2, 0) is 16.1 Å². The highest BCUT2D eigenvalue weighted by atomic mass is 16.5. The summed E-state index contributed by atoms with van der Waals surface area (Å²) in [4.78, 5) is 13.9. The molecular weight excluding hydrogens is 242 g/mol. The smallest absolute Gasteiger partial charge is 0.309 e. The molecule has 0 bridgehead atoms. The largest absolute Gasteiger partial charge is 0.466 e. The second kappa shape index (κ2) is 6.57. The summed E-state index contributed by atoms with van der Waals surface area (Å²) >= 11 is 0. The number of benzene rings is 1. The van der Waals surface area contributed by atoms with E-state index in [1.54, 1.807) is 0 Å². The maximum absolute atomic E-state index is 11.7. The van der Waals surface area contributed by atoms with Gasteiger partial charge in [-0.2, -0.15) is 0 Å². The highest BCUT2D eigenvalue weighted by Crippen LogP contribution is 2.26. The van der Waals surface area contributed by atoms with Crippen molar-refractivity contribution in [2.24, 2.45) is 5.92 Å². The average Bonchev–Trinajstić information content (AvgIpc) is 2.47. The lowest BCUT2D eigenvalue weighted by Crippen LogP contribution is -2.37. The third-order valence-corrected chi connectivity index (χ3v) is 3.62. The van der Waals surface area contributed by atoms with E-state index in [-0.39, 0.29) is 18.5 Å². The molecule has 104 valence electrons. The molecule has 19 heavy (non-hydrogen) atoms. The Morgan fingerprint density at radius 2 is 2.05 bits per heavy atom. The summed E-state index contributed by atoms with van der Waals surface area (Å²) in [5.41, 5.74) is 2.02. The van der Waals surface area contributed by atoms with Crippen LogP contribution >= 0.6 is 0 Å². The molecule has 0 aliphatic carbocycles. The van der Waals surface area contributed by atoms with Gasteiger partial charge in [0.15, 0.2) is 0 Å². The van der Waals surface area contributed by atoms with E-state index in [4.69, 9.17) is 4.74 Å². The molecule has 1 heterocycles. The monoisotopic (exact) mass is 263 g/mol. The Hall–Kier alpha value is -1.55. The van der Waals surface area contributed by atoms with Gasteiger partial charge in [-0.3, -0.25) is 4.79 Å². The molecule has 4 nitrogen and oxygen atoms in total. The Balaban J connectivity index is 1.98. The van der Waals surface area contributed by atoms with Gasteiger partial charge in [-0.15, -0.1) is 0 Å². The van der Waals surface area contributed by atoms with Crippen molar-refractivity contribution in [1.82, 2.24) is 0 Å². The van der Waals surface area contributed by atoms with Gasteiger partial charge < -0.3 is 14.7 Å². The first-order valence-electron chi connectivity index (χ1n) is 6.86. The Kier molecular flexibility index (Phi) is 4.80. The minimum absolute atomic E-state index is 0.0255. The molecule has 1 fully saturated rings. The minimum Gasteiger partial charge on any atom is -0.466 e. The predicted octanol–water partition coefficient (Wildman–Crippen LogP) is 1.96. The fourth-order valence-electron chi connectivity index (χ4n) is 2.57. The normalized spacial score (nSPS) is 16.4. The molecule has 0 spiro atoms. The Bertz CT molecular complexity index is 425. The number of nitrogens with zero attached hydrogens (tertiary/aromatic N) is 1. The van der Waals surface area contributed by atoms with Crippen molar-refractivity contribution in [1.29, 1.82) is 0 Å². The van der Waals surface area contributed by atoms with Gasteiger partial charge in [0.25, 0.3) is 0 Å². The second-order valence-corrected chi connectivity index (χ2v) is 4.80. The first-order chi connectivity index (χ1) is 9.26. The number of para-hydroxylation sites is 1. The number of rotatable bonds is 4. The predicted molar refractivity (Wildman–Crippen MR) is 73.9 cm³/mol. The van der Waals surface area contributed by atoms with Gasteiger partial charge in [0.2, 0.25) is 0 Å². The molecular formula is C15H21NO3. The summed E-state index contributed by atoms with van der Waals surface area (Å²) in [5.74, 6) is -0.0462. The maximum atomic E-state index is 11.7. The van der Waals surface area contributed by atoms with Crippen LogP contribution in [0.25, 0.3) is 0 Å². The summed E-state index contributed by atoms with van der Waals surface area (Å²) in [6, 6.07) is 7.87. The zero-order valence-electron chi connectivity index (χ0n) is 11.3. The van der Waals surface area contributed by atoms with Crippen LogP contribution < -0.4 is 4.90 Å². The Morgan fingerprint density at radius 3 is 2.68 bits per heavy atom. The standard InChI is InChI=1S/C15H21NO3/c1-2-19-15(18)12-7-9-16(10-8-12)14-6-4-3-5-13(14)11-17/h3-6,12,17H,2,7-11H2,1H3. The van der Waals surface area contributed by atoms with E-state index >= 15 is 0 Å². The SMILES string of the molecule is CCOC(=O)C1CCN(c2ccccc2CO)CC1. The lowest BCUT2D eigenvalue weighted by atomic mass is 9.96. The van der Waals surface area contributed by atoms with E-state index in [1.165, 1.54) is 0 Å². The summed E-state index contributed by atoms with van der Waals surface area (Å²) < 4.78 is 5.07. The van der Waals surface area contributed by atoms with Gasteiger partial charge >= 0.3 is 5.97 Å². The van der Waals surface area contributed by atoms with Crippen molar-refractivity contribution in [3.05, 3.63) is 29.8 Å². The van der Waals surface area contributed by atoms with Gasteiger partial charge in [-0.05, 0) is 25.8 Å². The van der Waals surface area contributed by atoms with Gasteiger partial charge in [-0.1, -0.05) is 18.2 Å². The molecule has 1 aromatic rings. The summed E-state index contributed by atoms with van der Waals surface area (Å²) in [7, 11) is 0. The quantitative estimate of drug-likeness (QED) is 0.844.